The maximum atomic E-state index is 12.2. The Labute approximate surface area is 162 Å². The van der Waals surface area contributed by atoms with Crippen LogP contribution in [0.25, 0.3) is 0 Å². The molecule has 0 aliphatic rings. The number of anilines is 1. The van der Waals surface area contributed by atoms with Crippen molar-refractivity contribution in [3.63, 3.8) is 0 Å². The highest BCUT2D eigenvalue weighted by Gasteiger charge is 2.14. The molecule has 1 aromatic heterocycles. The zero-order chi connectivity index (χ0) is 17.8. The normalized spacial score (nSPS) is 10.5. The molecule has 2 aromatic carbocycles. The number of aromatic hydroxyl groups is 1. The van der Waals surface area contributed by atoms with E-state index in [4.69, 9.17) is 20.8 Å². The van der Waals surface area contributed by atoms with Crippen molar-refractivity contribution in [2.24, 2.45) is 0 Å². The van der Waals surface area contributed by atoms with E-state index in [0.717, 1.165) is 3.57 Å². The number of hydrogen-bond donors (Lipinski definition) is 2. The highest BCUT2D eigenvalue weighted by molar-refractivity contribution is 14.1. The van der Waals surface area contributed by atoms with E-state index in [0.29, 0.717) is 16.5 Å². The van der Waals surface area contributed by atoms with Crippen molar-refractivity contribution in [3.05, 3.63) is 74.7 Å². The van der Waals surface area contributed by atoms with Crippen molar-refractivity contribution in [1.82, 2.24) is 0 Å². The Hall–Kier alpha value is -2.19. The van der Waals surface area contributed by atoms with Crippen LogP contribution in [0, 0.1) is 3.57 Å². The van der Waals surface area contributed by atoms with E-state index in [1.165, 1.54) is 18.2 Å². The predicted octanol–water partition coefficient (Wildman–Crippen LogP) is 5.07. The summed E-state index contributed by atoms with van der Waals surface area (Å²) in [7, 11) is 0. The molecule has 2 N–H and O–H groups in total. The first-order valence-electron chi connectivity index (χ1n) is 7.28. The quantitative estimate of drug-likeness (QED) is 0.404. The van der Waals surface area contributed by atoms with Gasteiger partial charge >= 0.3 is 0 Å². The van der Waals surface area contributed by atoms with Gasteiger partial charge in [-0.25, -0.2) is 0 Å². The molecule has 0 fully saturated rings. The molecule has 0 spiro atoms. The van der Waals surface area contributed by atoms with Gasteiger partial charge in [0, 0.05) is 8.59 Å². The Morgan fingerprint density at radius 3 is 2.68 bits per heavy atom. The Kier molecular flexibility index (Phi) is 5.50. The number of amides is 1. The number of rotatable bonds is 5. The van der Waals surface area contributed by atoms with Gasteiger partial charge in [0.1, 0.15) is 23.9 Å². The monoisotopic (exact) mass is 469 g/mol. The number of phenols is 1. The third kappa shape index (κ3) is 4.67. The van der Waals surface area contributed by atoms with Crippen LogP contribution in [0.4, 0.5) is 5.69 Å². The zero-order valence-corrected chi connectivity index (χ0v) is 15.7. The lowest BCUT2D eigenvalue weighted by Crippen LogP contribution is -2.11. The zero-order valence-electron chi connectivity index (χ0n) is 12.8. The van der Waals surface area contributed by atoms with Crippen LogP contribution in [0.3, 0.4) is 0 Å². The molecule has 3 aromatic rings. The molecule has 5 nitrogen and oxygen atoms in total. The first-order chi connectivity index (χ1) is 12.0. The second kappa shape index (κ2) is 7.79. The number of ether oxygens (including phenoxy) is 1. The van der Waals surface area contributed by atoms with Crippen molar-refractivity contribution in [3.8, 4) is 11.5 Å². The van der Waals surface area contributed by atoms with Gasteiger partial charge < -0.3 is 19.6 Å². The summed E-state index contributed by atoms with van der Waals surface area (Å²) in [6.45, 7) is 0.205. The summed E-state index contributed by atoms with van der Waals surface area (Å²) in [5.41, 5.74) is 0.214. The molecule has 0 atom stereocenters. The minimum atomic E-state index is -0.488. The Bertz CT molecular complexity index is 892. The van der Waals surface area contributed by atoms with E-state index in [9.17, 15) is 9.90 Å². The molecule has 128 valence electrons. The summed E-state index contributed by atoms with van der Waals surface area (Å²) in [4.78, 5) is 12.2. The van der Waals surface area contributed by atoms with Gasteiger partial charge in [0.2, 0.25) is 0 Å². The first-order valence-corrected chi connectivity index (χ1v) is 8.74. The fourth-order valence-electron chi connectivity index (χ4n) is 2.06. The molecule has 3 rings (SSSR count). The minimum Gasteiger partial charge on any atom is -0.506 e. The summed E-state index contributed by atoms with van der Waals surface area (Å²) in [6, 6.07) is 15.2. The molecule has 25 heavy (non-hydrogen) atoms. The van der Waals surface area contributed by atoms with Gasteiger partial charge in [-0.3, -0.25) is 4.79 Å². The lowest BCUT2D eigenvalue weighted by Gasteiger charge is -2.06. The van der Waals surface area contributed by atoms with Crippen LogP contribution in [-0.4, -0.2) is 11.0 Å². The molecule has 1 heterocycles. The fraction of sp³-hybridized carbons (Fsp3) is 0.0556. The largest absolute Gasteiger partial charge is 0.506 e. The van der Waals surface area contributed by atoms with Gasteiger partial charge in [0.15, 0.2) is 5.76 Å². The van der Waals surface area contributed by atoms with E-state index in [-0.39, 0.29) is 23.8 Å². The van der Waals surface area contributed by atoms with E-state index >= 15 is 0 Å². The molecule has 7 heteroatoms. The summed E-state index contributed by atoms with van der Waals surface area (Å²) >= 11 is 8.07. The molecule has 0 bridgehead atoms. The van der Waals surface area contributed by atoms with Crippen LogP contribution in [-0.2, 0) is 6.61 Å². The van der Waals surface area contributed by atoms with Crippen LogP contribution < -0.4 is 10.1 Å². The lowest BCUT2D eigenvalue weighted by atomic mass is 10.3. The summed E-state index contributed by atoms with van der Waals surface area (Å²) in [5, 5.41) is 12.7. The van der Waals surface area contributed by atoms with E-state index in [1.54, 1.807) is 12.1 Å². The molecule has 0 saturated heterocycles. The maximum absolute atomic E-state index is 12.2. The standard InChI is InChI=1S/C18H13ClINO4/c19-11-1-7-16(22)15(9-11)21-18(23)17-8-6-14(25-17)10-24-13-4-2-12(20)3-5-13/h1-9,22H,10H2,(H,21,23). The number of carbonyl (C=O) groups is 1. The van der Waals surface area contributed by atoms with Crippen molar-refractivity contribution < 1.29 is 19.1 Å². The van der Waals surface area contributed by atoms with Crippen LogP contribution in [0.15, 0.2) is 59.0 Å². The molecule has 1 amide bonds. The number of hydrogen-bond acceptors (Lipinski definition) is 4. The predicted molar refractivity (Wildman–Crippen MR) is 103 cm³/mol. The summed E-state index contributed by atoms with van der Waals surface area (Å²) < 4.78 is 12.2. The van der Waals surface area contributed by atoms with E-state index in [2.05, 4.69) is 27.9 Å². The smallest absolute Gasteiger partial charge is 0.291 e. The molecule has 0 saturated carbocycles. The number of furan rings is 1. The number of phenolic OH excluding ortho intramolecular Hbond substituents is 1. The second-order valence-electron chi connectivity index (χ2n) is 5.12. The van der Waals surface area contributed by atoms with Crippen LogP contribution in [0.2, 0.25) is 5.02 Å². The maximum Gasteiger partial charge on any atom is 0.291 e. The van der Waals surface area contributed by atoms with Gasteiger partial charge in [-0.05, 0) is 77.2 Å². The Balaban J connectivity index is 1.63. The summed E-state index contributed by atoms with van der Waals surface area (Å²) in [5.74, 6) is 0.774. The SMILES string of the molecule is O=C(Nc1cc(Cl)ccc1O)c1ccc(COc2ccc(I)cc2)o1. The Morgan fingerprint density at radius 1 is 1.16 bits per heavy atom. The fourth-order valence-corrected chi connectivity index (χ4v) is 2.59. The third-order valence-electron chi connectivity index (χ3n) is 3.29. The molecular weight excluding hydrogens is 457 g/mol. The van der Waals surface area contributed by atoms with Crippen molar-refractivity contribution in [1.29, 1.82) is 0 Å². The average Bonchev–Trinajstić information content (AvgIpc) is 3.07. The minimum absolute atomic E-state index is 0.0772. The van der Waals surface area contributed by atoms with Gasteiger partial charge in [0.05, 0.1) is 5.69 Å². The van der Waals surface area contributed by atoms with Gasteiger partial charge in [0.25, 0.3) is 5.91 Å². The molecule has 0 aliphatic carbocycles. The highest BCUT2D eigenvalue weighted by atomic mass is 127. The van der Waals surface area contributed by atoms with Crippen molar-refractivity contribution in [2.45, 2.75) is 6.61 Å². The van der Waals surface area contributed by atoms with E-state index < -0.39 is 5.91 Å². The second-order valence-corrected chi connectivity index (χ2v) is 6.81. The van der Waals surface area contributed by atoms with Gasteiger partial charge in [-0.2, -0.15) is 0 Å². The topological polar surface area (TPSA) is 71.7 Å². The number of nitrogens with one attached hydrogen (secondary N) is 1. The number of carbonyl (C=O) groups excluding carboxylic acids is 1. The molecular formula is C18H13ClINO4. The third-order valence-corrected chi connectivity index (χ3v) is 4.24. The average molecular weight is 470 g/mol. The summed E-state index contributed by atoms with van der Waals surface area (Å²) in [6.07, 6.45) is 0. The van der Waals surface area contributed by atoms with Crippen LogP contribution in [0.1, 0.15) is 16.3 Å². The lowest BCUT2D eigenvalue weighted by molar-refractivity contribution is 0.0992. The van der Waals surface area contributed by atoms with Crippen molar-refractivity contribution >= 4 is 45.8 Å². The molecule has 0 radical (unpaired) electrons. The number of halogens is 2. The molecule has 0 aliphatic heterocycles. The number of benzene rings is 2. The molecule has 0 unspecified atom stereocenters. The Morgan fingerprint density at radius 2 is 1.92 bits per heavy atom. The highest BCUT2D eigenvalue weighted by Crippen LogP contribution is 2.27. The van der Waals surface area contributed by atoms with Gasteiger partial charge in [-0.1, -0.05) is 11.6 Å². The van der Waals surface area contributed by atoms with Gasteiger partial charge in [-0.15, -0.1) is 0 Å². The van der Waals surface area contributed by atoms with Crippen LogP contribution in [0.5, 0.6) is 11.5 Å². The first kappa shape index (κ1) is 17.6. The van der Waals surface area contributed by atoms with Crippen molar-refractivity contribution in [2.75, 3.05) is 5.32 Å². The van der Waals surface area contributed by atoms with Crippen LogP contribution >= 0.6 is 34.2 Å². The van der Waals surface area contributed by atoms with E-state index in [1.807, 2.05) is 24.3 Å².